The maximum absolute atomic E-state index is 4.56. The average molecular weight is 298 g/mol. The average Bonchev–Trinajstić information content (AvgIpc) is 2.55. The molecule has 1 aromatic carbocycles. The zero-order chi connectivity index (χ0) is 15.4. The van der Waals surface area contributed by atoms with Crippen LogP contribution in [0.5, 0.6) is 0 Å². The van der Waals surface area contributed by atoms with Crippen LogP contribution in [0.4, 0.5) is 17.5 Å². The van der Waals surface area contributed by atoms with Crippen LogP contribution in [-0.2, 0) is 0 Å². The molecule has 0 amide bonds. The van der Waals surface area contributed by atoms with Gasteiger partial charge in [0, 0.05) is 37.9 Å². The fourth-order valence-electron chi connectivity index (χ4n) is 2.60. The van der Waals surface area contributed by atoms with Crippen molar-refractivity contribution in [3.8, 4) is 0 Å². The molecule has 0 aliphatic carbocycles. The van der Waals surface area contributed by atoms with Crippen molar-refractivity contribution < 1.29 is 0 Å². The SMILES string of the molecule is CC(C)Nc1cnnc(N2CCN(c3ccccc3)CC2)n1. The summed E-state index contributed by atoms with van der Waals surface area (Å²) >= 11 is 0. The first-order valence-electron chi connectivity index (χ1n) is 7.73. The molecule has 1 aliphatic rings. The van der Waals surface area contributed by atoms with Gasteiger partial charge in [0.15, 0.2) is 5.82 Å². The van der Waals surface area contributed by atoms with Crippen LogP contribution in [0.25, 0.3) is 0 Å². The summed E-state index contributed by atoms with van der Waals surface area (Å²) in [6.45, 7) is 7.91. The number of aromatic nitrogens is 3. The van der Waals surface area contributed by atoms with E-state index in [1.165, 1.54) is 5.69 Å². The highest BCUT2D eigenvalue weighted by Crippen LogP contribution is 2.18. The minimum Gasteiger partial charge on any atom is -0.368 e. The second-order valence-electron chi connectivity index (χ2n) is 5.75. The molecule has 2 aromatic rings. The first kappa shape index (κ1) is 14.6. The number of hydrogen-bond donors (Lipinski definition) is 1. The van der Waals surface area contributed by atoms with Gasteiger partial charge in [0.05, 0.1) is 6.20 Å². The molecular weight excluding hydrogens is 276 g/mol. The second-order valence-corrected chi connectivity index (χ2v) is 5.75. The molecule has 0 unspecified atom stereocenters. The quantitative estimate of drug-likeness (QED) is 0.932. The van der Waals surface area contributed by atoms with E-state index in [1.807, 2.05) is 6.07 Å². The molecule has 0 atom stereocenters. The van der Waals surface area contributed by atoms with Crippen molar-refractivity contribution in [1.82, 2.24) is 15.2 Å². The number of rotatable bonds is 4. The topological polar surface area (TPSA) is 57.2 Å². The Morgan fingerprint density at radius 2 is 1.68 bits per heavy atom. The van der Waals surface area contributed by atoms with E-state index < -0.39 is 0 Å². The van der Waals surface area contributed by atoms with E-state index >= 15 is 0 Å². The summed E-state index contributed by atoms with van der Waals surface area (Å²) in [5.41, 5.74) is 1.27. The van der Waals surface area contributed by atoms with Gasteiger partial charge in [-0.1, -0.05) is 18.2 Å². The standard InChI is InChI=1S/C16H22N6/c1-13(2)18-15-12-17-20-16(19-15)22-10-8-21(9-11-22)14-6-4-3-5-7-14/h3-7,12-13H,8-11H2,1-2H3,(H,18,19,20). The van der Waals surface area contributed by atoms with Crippen molar-refractivity contribution in [3.05, 3.63) is 36.5 Å². The van der Waals surface area contributed by atoms with E-state index in [1.54, 1.807) is 6.20 Å². The lowest BCUT2D eigenvalue weighted by Crippen LogP contribution is -2.47. The van der Waals surface area contributed by atoms with Gasteiger partial charge in [0.2, 0.25) is 5.95 Å². The highest BCUT2D eigenvalue weighted by atomic mass is 15.4. The summed E-state index contributed by atoms with van der Waals surface area (Å²) in [6.07, 6.45) is 1.67. The minimum absolute atomic E-state index is 0.333. The van der Waals surface area contributed by atoms with Crippen molar-refractivity contribution in [2.24, 2.45) is 0 Å². The molecule has 1 aliphatic heterocycles. The summed E-state index contributed by atoms with van der Waals surface area (Å²) in [6, 6.07) is 10.8. The Morgan fingerprint density at radius 1 is 1.00 bits per heavy atom. The van der Waals surface area contributed by atoms with Crippen molar-refractivity contribution in [3.63, 3.8) is 0 Å². The van der Waals surface area contributed by atoms with Gasteiger partial charge in [-0.25, -0.2) is 0 Å². The molecule has 116 valence electrons. The molecule has 0 bridgehead atoms. The summed E-state index contributed by atoms with van der Waals surface area (Å²) in [5, 5.41) is 11.5. The highest BCUT2D eigenvalue weighted by Gasteiger charge is 2.19. The lowest BCUT2D eigenvalue weighted by molar-refractivity contribution is 0.635. The number of piperazine rings is 1. The number of nitrogens with zero attached hydrogens (tertiary/aromatic N) is 5. The van der Waals surface area contributed by atoms with E-state index in [9.17, 15) is 0 Å². The zero-order valence-electron chi connectivity index (χ0n) is 13.1. The van der Waals surface area contributed by atoms with Crippen LogP contribution in [0.1, 0.15) is 13.8 Å². The smallest absolute Gasteiger partial charge is 0.247 e. The maximum Gasteiger partial charge on any atom is 0.247 e. The molecule has 1 saturated heterocycles. The van der Waals surface area contributed by atoms with Gasteiger partial charge in [-0.3, -0.25) is 0 Å². The molecule has 1 N–H and O–H groups in total. The Hall–Kier alpha value is -2.37. The third-order valence-corrected chi connectivity index (χ3v) is 3.67. The first-order chi connectivity index (χ1) is 10.7. The number of hydrogen-bond acceptors (Lipinski definition) is 6. The summed E-state index contributed by atoms with van der Waals surface area (Å²) in [4.78, 5) is 9.14. The van der Waals surface area contributed by atoms with Crippen LogP contribution >= 0.6 is 0 Å². The molecule has 0 radical (unpaired) electrons. The van der Waals surface area contributed by atoms with Gasteiger partial charge in [-0.2, -0.15) is 10.1 Å². The van der Waals surface area contributed by atoms with Crippen molar-refractivity contribution in [2.45, 2.75) is 19.9 Å². The summed E-state index contributed by atoms with van der Waals surface area (Å²) in [5.74, 6) is 1.49. The largest absolute Gasteiger partial charge is 0.368 e. The number of para-hydroxylation sites is 1. The van der Waals surface area contributed by atoms with E-state index in [4.69, 9.17) is 0 Å². The van der Waals surface area contributed by atoms with Gasteiger partial charge in [-0.15, -0.1) is 5.10 Å². The van der Waals surface area contributed by atoms with E-state index in [2.05, 4.69) is 68.4 Å². The van der Waals surface area contributed by atoms with Crippen LogP contribution in [-0.4, -0.2) is 47.4 Å². The van der Waals surface area contributed by atoms with Crippen LogP contribution in [0.2, 0.25) is 0 Å². The fourth-order valence-corrected chi connectivity index (χ4v) is 2.60. The van der Waals surface area contributed by atoms with Crippen molar-refractivity contribution in [1.29, 1.82) is 0 Å². The predicted octanol–water partition coefficient (Wildman–Crippen LogP) is 2.02. The maximum atomic E-state index is 4.56. The Bertz CT molecular complexity index is 593. The van der Waals surface area contributed by atoms with E-state index in [0.29, 0.717) is 12.0 Å². The zero-order valence-corrected chi connectivity index (χ0v) is 13.1. The monoisotopic (exact) mass is 298 g/mol. The molecule has 22 heavy (non-hydrogen) atoms. The van der Waals surface area contributed by atoms with Gasteiger partial charge in [0.25, 0.3) is 0 Å². The Balaban J connectivity index is 1.64. The van der Waals surface area contributed by atoms with Gasteiger partial charge in [0.1, 0.15) is 0 Å². The number of anilines is 3. The summed E-state index contributed by atoms with van der Waals surface area (Å²) < 4.78 is 0. The third kappa shape index (κ3) is 3.44. The Morgan fingerprint density at radius 3 is 2.36 bits per heavy atom. The molecule has 6 heteroatoms. The van der Waals surface area contributed by atoms with Gasteiger partial charge in [-0.05, 0) is 26.0 Å². The van der Waals surface area contributed by atoms with Crippen LogP contribution < -0.4 is 15.1 Å². The first-order valence-corrected chi connectivity index (χ1v) is 7.73. The lowest BCUT2D eigenvalue weighted by atomic mass is 10.2. The molecule has 2 heterocycles. The minimum atomic E-state index is 0.333. The van der Waals surface area contributed by atoms with Gasteiger partial charge < -0.3 is 15.1 Å². The number of nitrogens with one attached hydrogen (secondary N) is 1. The normalized spacial score (nSPS) is 15.2. The Kier molecular flexibility index (Phi) is 4.37. The second kappa shape index (κ2) is 6.60. The molecular formula is C16H22N6. The van der Waals surface area contributed by atoms with Crippen LogP contribution in [0.3, 0.4) is 0 Å². The Labute approximate surface area is 131 Å². The predicted molar refractivity (Wildman–Crippen MR) is 89.5 cm³/mol. The van der Waals surface area contributed by atoms with Crippen LogP contribution in [0.15, 0.2) is 36.5 Å². The van der Waals surface area contributed by atoms with Crippen LogP contribution in [0, 0.1) is 0 Å². The molecule has 0 saturated carbocycles. The molecule has 3 rings (SSSR count). The van der Waals surface area contributed by atoms with Crippen molar-refractivity contribution >= 4 is 17.5 Å². The van der Waals surface area contributed by atoms with Gasteiger partial charge >= 0.3 is 0 Å². The van der Waals surface area contributed by atoms with E-state index in [-0.39, 0.29) is 0 Å². The number of benzene rings is 1. The molecule has 1 fully saturated rings. The lowest BCUT2D eigenvalue weighted by Gasteiger charge is -2.35. The molecule has 1 aromatic heterocycles. The van der Waals surface area contributed by atoms with E-state index in [0.717, 1.165) is 32.0 Å². The highest BCUT2D eigenvalue weighted by molar-refractivity contribution is 5.48. The molecule has 0 spiro atoms. The summed E-state index contributed by atoms with van der Waals surface area (Å²) in [7, 11) is 0. The third-order valence-electron chi connectivity index (χ3n) is 3.67. The fraction of sp³-hybridized carbons (Fsp3) is 0.438. The molecule has 6 nitrogen and oxygen atoms in total. The van der Waals surface area contributed by atoms with Crippen molar-refractivity contribution in [2.75, 3.05) is 41.3 Å².